The van der Waals surface area contributed by atoms with E-state index in [1.165, 1.54) is 33.9 Å². The minimum Gasteiger partial charge on any atom is -0.463 e. The highest BCUT2D eigenvalue weighted by atomic mass is 19.3. The van der Waals surface area contributed by atoms with Crippen LogP contribution in [0.1, 0.15) is 132 Å². The minimum atomic E-state index is -3.81. The fourth-order valence-electron chi connectivity index (χ4n) is 5.65. The van der Waals surface area contributed by atoms with Crippen LogP contribution in [-0.2, 0) is 14.3 Å². The molecule has 0 radical (unpaired) electrons. The Morgan fingerprint density at radius 1 is 0.804 bits per heavy atom. The zero-order valence-corrected chi connectivity index (χ0v) is 31.9. The van der Waals surface area contributed by atoms with Crippen molar-refractivity contribution in [1.82, 2.24) is 9.55 Å². The summed E-state index contributed by atoms with van der Waals surface area (Å²) in [4.78, 5) is 27.7. The molecule has 0 bridgehead atoms. The van der Waals surface area contributed by atoms with Crippen molar-refractivity contribution >= 4 is 11.8 Å². The molecule has 0 spiro atoms. The fourth-order valence-corrected chi connectivity index (χ4v) is 5.65. The van der Waals surface area contributed by atoms with E-state index >= 15 is 0 Å². The molecule has 0 saturated carbocycles. The highest BCUT2D eigenvalue weighted by molar-refractivity contribution is 5.69. The van der Waals surface area contributed by atoms with Gasteiger partial charge in [-0.25, -0.2) is 4.79 Å². The van der Waals surface area contributed by atoms with E-state index in [2.05, 4.69) is 83.0 Å². The predicted octanol–water partition coefficient (Wildman–Crippen LogP) is 9.64. The topological polar surface area (TPSA) is 117 Å². The van der Waals surface area contributed by atoms with E-state index in [0.717, 1.165) is 76.0 Å². The van der Waals surface area contributed by atoms with Crippen molar-refractivity contribution < 1.29 is 28.2 Å². The number of hydrogen-bond acceptors (Lipinski definition) is 7. The Labute approximate surface area is 303 Å². The van der Waals surface area contributed by atoms with Gasteiger partial charge in [-0.3, -0.25) is 9.36 Å². The maximum absolute atomic E-state index is 14.7. The number of anilines is 1. The summed E-state index contributed by atoms with van der Waals surface area (Å²) in [5, 5.41) is 10.1. The number of nitrogen functional groups attached to an aromatic ring is 1. The molecule has 0 unspecified atom stereocenters. The third kappa shape index (κ3) is 16.5. The standard InChI is InChI=1S/C41H61F2N3O5/c1-29(2)14-10-17-32(5)20-12-22-33(6)21-11-18-30(3)15-8-9-16-31(4)19-13-23-34(7)24-25-37(47)50-28-35-38(48)41(42,43)39(51-35)46-27-26-36(44)45-40(46)49/h14-16,20-21,23,26-27,35,38-39,48H,8-13,17-19,22,24-25,28H2,1-7H3,(H2,44,45,49)/b30-15+,31-16+,32-20-,33-21+,34-23+/t35-,38-,39-/m1/s1. The molecule has 1 fully saturated rings. The number of alkyl halides is 2. The van der Waals surface area contributed by atoms with Gasteiger partial charge in [0.2, 0.25) is 6.23 Å². The van der Waals surface area contributed by atoms with Crippen molar-refractivity contribution in [3.63, 3.8) is 0 Å². The summed E-state index contributed by atoms with van der Waals surface area (Å²) in [7, 11) is 0. The first-order chi connectivity index (χ1) is 24.1. The number of esters is 1. The average Bonchev–Trinajstić information content (AvgIpc) is 3.28. The number of halogens is 2. The molecule has 0 aromatic carbocycles. The van der Waals surface area contributed by atoms with Crippen LogP contribution >= 0.6 is 0 Å². The van der Waals surface area contributed by atoms with Gasteiger partial charge in [0.1, 0.15) is 18.5 Å². The van der Waals surface area contributed by atoms with Crippen LogP contribution in [0.2, 0.25) is 0 Å². The highest BCUT2D eigenvalue weighted by Crippen LogP contribution is 2.42. The van der Waals surface area contributed by atoms with E-state index in [0.29, 0.717) is 11.0 Å². The molecular weight excluding hydrogens is 652 g/mol. The molecule has 284 valence electrons. The van der Waals surface area contributed by atoms with Gasteiger partial charge in [0.05, 0.1) is 0 Å². The van der Waals surface area contributed by atoms with Crippen LogP contribution in [0.5, 0.6) is 0 Å². The van der Waals surface area contributed by atoms with Gasteiger partial charge in [-0.1, -0.05) is 69.9 Å². The number of aliphatic hydroxyl groups excluding tert-OH is 1. The molecule has 0 aliphatic carbocycles. The lowest BCUT2D eigenvalue weighted by Gasteiger charge is -2.20. The van der Waals surface area contributed by atoms with Crippen LogP contribution < -0.4 is 11.4 Å². The Morgan fingerprint density at radius 2 is 1.25 bits per heavy atom. The van der Waals surface area contributed by atoms with E-state index in [-0.39, 0.29) is 12.2 Å². The summed E-state index contributed by atoms with van der Waals surface area (Å²) in [6.45, 7) is 14.5. The quantitative estimate of drug-likeness (QED) is 0.0740. The van der Waals surface area contributed by atoms with Crippen LogP contribution in [0.3, 0.4) is 0 Å². The van der Waals surface area contributed by atoms with Crippen LogP contribution in [-0.4, -0.2) is 45.4 Å². The van der Waals surface area contributed by atoms with Crippen LogP contribution in [0, 0.1) is 0 Å². The van der Waals surface area contributed by atoms with Crippen LogP contribution in [0.25, 0.3) is 0 Å². The zero-order chi connectivity index (χ0) is 38.0. The highest BCUT2D eigenvalue weighted by Gasteiger charge is 2.60. The van der Waals surface area contributed by atoms with E-state index in [1.54, 1.807) is 0 Å². The van der Waals surface area contributed by atoms with Crippen LogP contribution in [0.15, 0.2) is 87.0 Å². The maximum Gasteiger partial charge on any atom is 0.351 e. The van der Waals surface area contributed by atoms with Crippen LogP contribution in [0.4, 0.5) is 14.6 Å². The lowest BCUT2D eigenvalue weighted by molar-refractivity contribution is -0.150. The van der Waals surface area contributed by atoms with E-state index < -0.39 is 42.6 Å². The molecule has 51 heavy (non-hydrogen) atoms. The number of carbonyl (C=O) groups excluding carboxylic acids is 1. The summed E-state index contributed by atoms with van der Waals surface area (Å²) < 4.78 is 40.3. The molecule has 0 amide bonds. The Balaban J connectivity index is 1.63. The molecule has 8 nitrogen and oxygen atoms in total. The summed E-state index contributed by atoms with van der Waals surface area (Å²) in [6, 6.07) is 1.17. The second-order valence-corrected chi connectivity index (χ2v) is 14.1. The number of aromatic nitrogens is 2. The van der Waals surface area contributed by atoms with Gasteiger partial charge in [-0.15, -0.1) is 0 Å². The van der Waals surface area contributed by atoms with E-state index in [4.69, 9.17) is 15.2 Å². The number of hydrogen-bond donors (Lipinski definition) is 2. The lowest BCUT2D eigenvalue weighted by Crippen LogP contribution is -2.42. The Kier molecular flexibility index (Phi) is 19.1. The second kappa shape index (κ2) is 22.3. The number of nitrogens with zero attached hydrogens (tertiary/aromatic N) is 2. The van der Waals surface area contributed by atoms with Crippen molar-refractivity contribution in [3.8, 4) is 0 Å². The molecule has 3 N–H and O–H groups in total. The largest absolute Gasteiger partial charge is 0.463 e. The van der Waals surface area contributed by atoms with Crippen molar-refractivity contribution in [3.05, 3.63) is 92.6 Å². The summed E-state index contributed by atoms with van der Waals surface area (Å²) >= 11 is 0. The average molecular weight is 714 g/mol. The van der Waals surface area contributed by atoms with Crippen molar-refractivity contribution in [2.24, 2.45) is 0 Å². The third-order valence-electron chi connectivity index (χ3n) is 8.95. The van der Waals surface area contributed by atoms with Gasteiger partial charge in [0.25, 0.3) is 0 Å². The molecule has 1 aliphatic heterocycles. The first kappa shape index (κ1) is 43.5. The molecule has 2 heterocycles. The third-order valence-corrected chi connectivity index (χ3v) is 8.95. The number of allylic oxidation sites excluding steroid dienone is 12. The number of aliphatic hydroxyl groups is 1. The summed E-state index contributed by atoms with van der Waals surface area (Å²) in [6.07, 6.45) is 20.0. The van der Waals surface area contributed by atoms with Gasteiger partial charge in [-0.2, -0.15) is 13.8 Å². The molecule has 2 rings (SSSR count). The molecular formula is C41H61F2N3O5. The molecule has 1 aliphatic rings. The molecule has 10 heteroatoms. The SMILES string of the molecule is CC(C)=CCC/C(C)=C\CC/C(C)=C/CC/C(C)=C/CC/C=C(\C)CC/C=C(\C)CCC(=O)OC[C@H]1O[C@@H](n2ccc(N)nc2=O)C(F)(F)[C@@H]1O. The number of rotatable bonds is 21. The van der Waals surface area contributed by atoms with Crippen molar-refractivity contribution in [2.45, 2.75) is 150 Å². The van der Waals surface area contributed by atoms with Gasteiger partial charge in [0, 0.05) is 12.6 Å². The number of carbonyl (C=O) groups is 1. The zero-order valence-electron chi connectivity index (χ0n) is 31.9. The number of unbranched alkanes of at least 4 members (excludes halogenated alkanes) is 1. The summed E-state index contributed by atoms with van der Waals surface area (Å²) in [5.41, 5.74) is 12.5. The fraction of sp³-hybridized carbons (Fsp3) is 0.585. The smallest absolute Gasteiger partial charge is 0.351 e. The Hall–Kier alpha value is -3.63. The monoisotopic (exact) mass is 713 g/mol. The first-order valence-corrected chi connectivity index (χ1v) is 18.2. The molecule has 1 aromatic rings. The normalized spacial score (nSPS) is 20.1. The van der Waals surface area contributed by atoms with E-state index in [1.807, 2.05) is 6.92 Å². The van der Waals surface area contributed by atoms with Gasteiger partial charge in [0.15, 0.2) is 6.10 Å². The maximum atomic E-state index is 14.7. The van der Waals surface area contributed by atoms with E-state index in [9.17, 15) is 23.5 Å². The Morgan fingerprint density at radius 3 is 1.73 bits per heavy atom. The van der Waals surface area contributed by atoms with Gasteiger partial charge >= 0.3 is 17.6 Å². The molecule has 1 aromatic heterocycles. The minimum absolute atomic E-state index is 0.0658. The summed E-state index contributed by atoms with van der Waals surface area (Å²) in [5.74, 6) is -4.53. The molecule has 3 atom stereocenters. The van der Waals surface area contributed by atoms with Gasteiger partial charge < -0.3 is 20.3 Å². The lowest BCUT2D eigenvalue weighted by atomic mass is 10.0. The predicted molar refractivity (Wildman–Crippen MR) is 202 cm³/mol. The number of ether oxygens (including phenoxy) is 2. The number of nitrogens with two attached hydrogens (primary N) is 1. The van der Waals surface area contributed by atoms with Crippen molar-refractivity contribution in [1.29, 1.82) is 0 Å². The van der Waals surface area contributed by atoms with Gasteiger partial charge in [-0.05, 0) is 125 Å². The first-order valence-electron chi connectivity index (χ1n) is 18.2. The second-order valence-electron chi connectivity index (χ2n) is 14.1. The van der Waals surface area contributed by atoms with Crippen molar-refractivity contribution in [2.75, 3.05) is 12.3 Å². The molecule has 1 saturated heterocycles. The Bertz CT molecular complexity index is 1510.